The number of aromatic hydroxyl groups is 1. The van der Waals surface area contributed by atoms with E-state index in [1.165, 1.54) is 17.2 Å². The number of carbonyl (C=O) groups excluding carboxylic acids is 2. The molecule has 2 aromatic carbocycles. The molecule has 0 bridgehead atoms. The van der Waals surface area contributed by atoms with E-state index in [9.17, 15) is 14.7 Å². The molecule has 0 spiro atoms. The Hall–Kier alpha value is -4.07. The van der Waals surface area contributed by atoms with Gasteiger partial charge in [0.2, 0.25) is 0 Å². The second-order valence-electron chi connectivity index (χ2n) is 9.64. The van der Waals surface area contributed by atoms with Crippen molar-refractivity contribution >= 4 is 29.2 Å². The molecule has 1 aliphatic rings. The number of phenolic OH excluding ortho intramolecular Hbond substituents is 1. The molecule has 0 atom stereocenters. The second kappa shape index (κ2) is 9.66. The number of hydrogen-bond acceptors (Lipinski definition) is 6. The summed E-state index contributed by atoms with van der Waals surface area (Å²) in [6.45, 7) is 5.31. The SMILES string of the molecule is CN(C(=O)c1cc(NC(=O)OC(C)(C)C)cc(Nc2ccccc2O)n1)C1Cc2ccccc2C1. The van der Waals surface area contributed by atoms with Crippen LogP contribution in [-0.4, -0.2) is 45.7 Å². The van der Waals surface area contributed by atoms with Gasteiger partial charge in [0.25, 0.3) is 5.91 Å². The number of pyridine rings is 1. The van der Waals surface area contributed by atoms with Gasteiger partial charge >= 0.3 is 6.09 Å². The third kappa shape index (κ3) is 5.90. The molecule has 0 radical (unpaired) electrons. The molecule has 1 heterocycles. The van der Waals surface area contributed by atoms with E-state index in [1.807, 2.05) is 12.1 Å². The van der Waals surface area contributed by atoms with Gasteiger partial charge in [-0.25, -0.2) is 9.78 Å². The zero-order valence-electron chi connectivity index (χ0n) is 20.3. The summed E-state index contributed by atoms with van der Waals surface area (Å²) in [5.41, 5.74) is 2.74. The number of likely N-dealkylation sites (N-methyl/N-ethyl adjacent to an activating group) is 1. The Morgan fingerprint density at radius 2 is 1.66 bits per heavy atom. The van der Waals surface area contributed by atoms with Crippen LogP contribution < -0.4 is 10.6 Å². The fourth-order valence-corrected chi connectivity index (χ4v) is 4.07. The third-order valence-corrected chi connectivity index (χ3v) is 5.75. The van der Waals surface area contributed by atoms with Crippen LogP contribution in [0.4, 0.5) is 22.0 Å². The quantitative estimate of drug-likeness (QED) is 0.444. The molecule has 182 valence electrons. The van der Waals surface area contributed by atoms with Crippen molar-refractivity contribution in [1.82, 2.24) is 9.88 Å². The largest absolute Gasteiger partial charge is 0.506 e. The number of ether oxygens (including phenoxy) is 1. The van der Waals surface area contributed by atoms with E-state index in [4.69, 9.17) is 4.74 Å². The van der Waals surface area contributed by atoms with Crippen molar-refractivity contribution in [2.75, 3.05) is 17.7 Å². The predicted octanol–water partition coefficient (Wildman–Crippen LogP) is 5.12. The second-order valence-corrected chi connectivity index (χ2v) is 9.64. The first-order valence-electron chi connectivity index (χ1n) is 11.5. The number of rotatable bonds is 5. The molecule has 8 nitrogen and oxygen atoms in total. The average Bonchev–Trinajstić information content (AvgIpc) is 3.22. The Bertz CT molecular complexity index is 1230. The number of nitrogens with one attached hydrogen (secondary N) is 2. The number of para-hydroxylation sites is 2. The number of aromatic nitrogens is 1. The van der Waals surface area contributed by atoms with Gasteiger partial charge in [-0.1, -0.05) is 36.4 Å². The zero-order chi connectivity index (χ0) is 25.2. The molecule has 2 amide bonds. The Kier molecular flexibility index (Phi) is 6.64. The highest BCUT2D eigenvalue weighted by Crippen LogP contribution is 2.29. The topological polar surface area (TPSA) is 104 Å². The fraction of sp³-hybridized carbons (Fsp3) is 0.296. The molecule has 3 N–H and O–H groups in total. The molecule has 4 rings (SSSR count). The molecule has 1 aromatic heterocycles. The van der Waals surface area contributed by atoms with Crippen LogP contribution >= 0.6 is 0 Å². The van der Waals surface area contributed by atoms with Gasteiger partial charge in [0, 0.05) is 19.2 Å². The third-order valence-electron chi connectivity index (χ3n) is 5.75. The normalized spacial score (nSPS) is 13.1. The number of phenols is 1. The van der Waals surface area contributed by atoms with Crippen LogP contribution in [0.3, 0.4) is 0 Å². The Balaban J connectivity index is 1.61. The lowest BCUT2D eigenvalue weighted by Crippen LogP contribution is -2.38. The summed E-state index contributed by atoms with van der Waals surface area (Å²) >= 11 is 0. The van der Waals surface area contributed by atoms with Crippen LogP contribution in [-0.2, 0) is 17.6 Å². The minimum atomic E-state index is -0.676. The first-order valence-corrected chi connectivity index (χ1v) is 11.5. The first-order chi connectivity index (χ1) is 16.6. The van der Waals surface area contributed by atoms with Crippen LogP contribution in [0, 0.1) is 0 Å². The van der Waals surface area contributed by atoms with Crippen molar-refractivity contribution < 1.29 is 19.4 Å². The maximum atomic E-state index is 13.5. The van der Waals surface area contributed by atoms with Crippen molar-refractivity contribution in [2.24, 2.45) is 0 Å². The summed E-state index contributed by atoms with van der Waals surface area (Å²) in [4.78, 5) is 32.0. The number of carbonyl (C=O) groups is 2. The van der Waals surface area contributed by atoms with Crippen molar-refractivity contribution in [3.8, 4) is 5.75 Å². The number of hydrogen-bond donors (Lipinski definition) is 3. The van der Waals surface area contributed by atoms with E-state index in [0.717, 1.165) is 12.8 Å². The van der Waals surface area contributed by atoms with Crippen LogP contribution in [0.25, 0.3) is 0 Å². The van der Waals surface area contributed by atoms with Crippen molar-refractivity contribution in [3.63, 3.8) is 0 Å². The van der Waals surface area contributed by atoms with E-state index >= 15 is 0 Å². The van der Waals surface area contributed by atoms with Gasteiger partial charge in [0.1, 0.15) is 22.9 Å². The van der Waals surface area contributed by atoms with Crippen molar-refractivity contribution in [3.05, 3.63) is 77.5 Å². The molecule has 0 fully saturated rings. The highest BCUT2D eigenvalue weighted by molar-refractivity contribution is 5.95. The lowest BCUT2D eigenvalue weighted by Gasteiger charge is -2.25. The molecule has 0 saturated carbocycles. The fourth-order valence-electron chi connectivity index (χ4n) is 4.07. The number of fused-ring (bicyclic) bond motifs is 1. The molecule has 1 aliphatic carbocycles. The summed E-state index contributed by atoms with van der Waals surface area (Å²) in [5.74, 6) is 0.0658. The molecule has 3 aromatic rings. The molecule has 0 aliphatic heterocycles. The molecular formula is C27H30N4O4. The van der Waals surface area contributed by atoms with Gasteiger partial charge in [-0.3, -0.25) is 10.1 Å². The first kappa shape index (κ1) is 24.1. The number of amides is 2. The molecule has 8 heteroatoms. The van der Waals surface area contributed by atoms with Gasteiger partial charge < -0.3 is 20.1 Å². The lowest BCUT2D eigenvalue weighted by atomic mass is 10.1. The van der Waals surface area contributed by atoms with E-state index in [-0.39, 0.29) is 23.4 Å². The van der Waals surface area contributed by atoms with Gasteiger partial charge in [-0.15, -0.1) is 0 Å². The van der Waals surface area contributed by atoms with E-state index in [0.29, 0.717) is 17.2 Å². The smallest absolute Gasteiger partial charge is 0.412 e. The van der Waals surface area contributed by atoms with Gasteiger partial charge in [-0.05, 0) is 62.9 Å². The van der Waals surface area contributed by atoms with Crippen LogP contribution in [0.15, 0.2) is 60.7 Å². The van der Waals surface area contributed by atoms with Crippen molar-refractivity contribution in [2.45, 2.75) is 45.3 Å². The Morgan fingerprint density at radius 1 is 1.03 bits per heavy atom. The number of nitrogens with zero attached hydrogens (tertiary/aromatic N) is 2. The van der Waals surface area contributed by atoms with E-state index in [2.05, 4.69) is 27.8 Å². The van der Waals surface area contributed by atoms with Crippen molar-refractivity contribution in [1.29, 1.82) is 0 Å². The maximum absolute atomic E-state index is 13.5. The summed E-state index contributed by atoms with van der Waals surface area (Å²) < 4.78 is 5.36. The highest BCUT2D eigenvalue weighted by Gasteiger charge is 2.29. The van der Waals surface area contributed by atoms with Gasteiger partial charge in [-0.2, -0.15) is 0 Å². The average molecular weight is 475 g/mol. The minimum absolute atomic E-state index is 0.0127. The van der Waals surface area contributed by atoms with E-state index < -0.39 is 11.7 Å². The summed E-state index contributed by atoms with van der Waals surface area (Å²) in [6.07, 6.45) is 0.907. The maximum Gasteiger partial charge on any atom is 0.412 e. The van der Waals surface area contributed by atoms with Gasteiger partial charge in [0.15, 0.2) is 0 Å². The van der Waals surface area contributed by atoms with Gasteiger partial charge in [0.05, 0.1) is 11.4 Å². The van der Waals surface area contributed by atoms with Crippen LogP contribution in [0.2, 0.25) is 0 Å². The molecule has 0 unspecified atom stereocenters. The summed E-state index contributed by atoms with van der Waals surface area (Å²) in [5, 5.41) is 15.9. The predicted molar refractivity (Wildman–Crippen MR) is 135 cm³/mol. The standard InChI is InChI=1S/C27H30N4O4/c1-27(2,3)35-26(34)28-19-15-22(30-24(16-19)29-21-11-7-8-12-23(21)32)25(33)31(4)20-13-17-9-5-6-10-18(17)14-20/h5-12,15-16,20,32H,13-14H2,1-4H3,(H2,28,29,30,34). The van der Waals surface area contributed by atoms with E-state index in [1.54, 1.807) is 63.1 Å². The summed E-state index contributed by atoms with van der Waals surface area (Å²) in [7, 11) is 1.77. The summed E-state index contributed by atoms with van der Waals surface area (Å²) in [6, 6.07) is 18.0. The Labute approximate surface area is 204 Å². The van der Waals surface area contributed by atoms with Crippen LogP contribution in [0.1, 0.15) is 42.4 Å². The minimum Gasteiger partial charge on any atom is -0.506 e. The van der Waals surface area contributed by atoms with Crippen LogP contribution in [0.5, 0.6) is 5.75 Å². The molecular weight excluding hydrogens is 444 g/mol. The highest BCUT2D eigenvalue weighted by atomic mass is 16.6. The number of anilines is 3. The number of benzene rings is 2. The lowest BCUT2D eigenvalue weighted by molar-refractivity contribution is 0.0634. The Morgan fingerprint density at radius 3 is 2.29 bits per heavy atom. The zero-order valence-corrected chi connectivity index (χ0v) is 20.3. The molecule has 0 saturated heterocycles. The monoisotopic (exact) mass is 474 g/mol. The molecule has 35 heavy (non-hydrogen) atoms.